The van der Waals surface area contributed by atoms with E-state index in [1.54, 1.807) is 6.07 Å². The summed E-state index contributed by atoms with van der Waals surface area (Å²) in [6, 6.07) is 3.62. The number of aromatic nitrogens is 2. The lowest BCUT2D eigenvalue weighted by Crippen LogP contribution is -2.21. The van der Waals surface area contributed by atoms with Crippen LogP contribution in [0.1, 0.15) is 0 Å². The molecule has 0 radical (unpaired) electrons. The molecule has 5 heteroatoms. The van der Waals surface area contributed by atoms with E-state index < -0.39 is 0 Å². The zero-order chi connectivity index (χ0) is 9.68. The first-order chi connectivity index (χ1) is 6.24. The van der Waals surface area contributed by atoms with Gasteiger partial charge >= 0.3 is 0 Å². The van der Waals surface area contributed by atoms with E-state index in [0.29, 0.717) is 5.15 Å². The molecule has 72 valence electrons. The van der Waals surface area contributed by atoms with Crippen LogP contribution in [0.3, 0.4) is 0 Å². The van der Waals surface area contributed by atoms with Crippen LogP contribution in [-0.4, -0.2) is 35.8 Å². The first-order valence-electron chi connectivity index (χ1n) is 3.93. The second-order valence-corrected chi connectivity index (χ2v) is 4.00. The molecule has 1 rings (SSSR count). The van der Waals surface area contributed by atoms with Crippen LogP contribution in [0, 0.1) is 0 Å². The Morgan fingerprint density at radius 1 is 1.46 bits per heavy atom. The van der Waals surface area contributed by atoms with Crippen molar-refractivity contribution in [2.24, 2.45) is 0 Å². The number of rotatable bonds is 4. The van der Waals surface area contributed by atoms with Gasteiger partial charge in [0.1, 0.15) is 0 Å². The minimum Gasteiger partial charge on any atom is -0.357 e. The van der Waals surface area contributed by atoms with Gasteiger partial charge in [0.05, 0.1) is 0 Å². The average molecular weight is 218 g/mol. The van der Waals surface area contributed by atoms with Gasteiger partial charge in [-0.15, -0.1) is 10.2 Å². The molecule has 0 saturated carbocycles. The first kappa shape index (κ1) is 10.6. The molecular weight excluding hydrogens is 206 g/mol. The van der Waals surface area contributed by atoms with E-state index in [-0.39, 0.29) is 0 Å². The van der Waals surface area contributed by atoms with E-state index >= 15 is 0 Å². The summed E-state index contributed by atoms with van der Waals surface area (Å²) < 4.78 is 0. The van der Waals surface area contributed by atoms with Gasteiger partial charge in [-0.05, 0) is 18.4 Å². The Labute approximate surface area is 87.5 Å². The molecular formula is C8H12ClN3S. The minimum atomic E-state index is 0.432. The standard InChI is InChI=1S/C8H12ClN3S/c1-12(5-6-13-2)8-4-3-7(9)10-11-8/h3-4H,5-6H2,1-2H3. The third kappa shape index (κ3) is 3.40. The third-order valence-electron chi connectivity index (χ3n) is 1.64. The minimum absolute atomic E-state index is 0.432. The van der Waals surface area contributed by atoms with Gasteiger partial charge in [0, 0.05) is 19.3 Å². The van der Waals surface area contributed by atoms with E-state index in [1.165, 1.54) is 0 Å². The number of anilines is 1. The van der Waals surface area contributed by atoms with Crippen molar-refractivity contribution in [1.82, 2.24) is 10.2 Å². The van der Waals surface area contributed by atoms with Crippen LogP contribution in [0.15, 0.2) is 12.1 Å². The first-order valence-corrected chi connectivity index (χ1v) is 5.70. The summed E-state index contributed by atoms with van der Waals surface area (Å²) in [6.45, 7) is 0.970. The van der Waals surface area contributed by atoms with Gasteiger partial charge < -0.3 is 4.90 Å². The van der Waals surface area contributed by atoms with E-state index in [2.05, 4.69) is 21.4 Å². The van der Waals surface area contributed by atoms with E-state index in [9.17, 15) is 0 Å². The number of hydrogen-bond acceptors (Lipinski definition) is 4. The number of thioether (sulfide) groups is 1. The van der Waals surface area contributed by atoms with E-state index in [4.69, 9.17) is 11.6 Å². The number of halogens is 1. The molecule has 3 nitrogen and oxygen atoms in total. The van der Waals surface area contributed by atoms with E-state index in [1.807, 2.05) is 24.9 Å². The van der Waals surface area contributed by atoms with Crippen molar-refractivity contribution in [1.29, 1.82) is 0 Å². The topological polar surface area (TPSA) is 29.0 Å². The molecule has 1 aromatic heterocycles. The van der Waals surface area contributed by atoms with Gasteiger partial charge in [0.25, 0.3) is 0 Å². The van der Waals surface area contributed by atoms with Crippen LogP contribution in [0.5, 0.6) is 0 Å². The zero-order valence-corrected chi connectivity index (χ0v) is 9.27. The van der Waals surface area contributed by atoms with E-state index in [0.717, 1.165) is 18.1 Å². The Balaban J connectivity index is 2.55. The smallest absolute Gasteiger partial charge is 0.151 e. The number of hydrogen-bond donors (Lipinski definition) is 0. The molecule has 0 amide bonds. The lowest BCUT2D eigenvalue weighted by molar-refractivity contribution is 0.902. The Kier molecular flexibility index (Phi) is 4.32. The maximum atomic E-state index is 5.62. The van der Waals surface area contributed by atoms with Crippen LogP contribution < -0.4 is 4.90 Å². The van der Waals surface area contributed by atoms with Crippen molar-refractivity contribution in [2.45, 2.75) is 0 Å². The van der Waals surface area contributed by atoms with Crippen LogP contribution in [-0.2, 0) is 0 Å². The molecule has 0 fully saturated rings. The summed E-state index contributed by atoms with van der Waals surface area (Å²) in [5, 5.41) is 8.17. The van der Waals surface area contributed by atoms with Crippen molar-refractivity contribution < 1.29 is 0 Å². The lowest BCUT2D eigenvalue weighted by atomic mass is 10.5. The highest BCUT2D eigenvalue weighted by atomic mass is 35.5. The summed E-state index contributed by atoms with van der Waals surface area (Å²) in [5.74, 6) is 1.94. The second kappa shape index (κ2) is 5.29. The van der Waals surface area contributed by atoms with Crippen LogP contribution in [0.25, 0.3) is 0 Å². The van der Waals surface area contributed by atoms with Crippen LogP contribution in [0.4, 0.5) is 5.82 Å². The second-order valence-electron chi connectivity index (χ2n) is 2.63. The van der Waals surface area contributed by atoms with Crippen LogP contribution in [0.2, 0.25) is 5.15 Å². The summed E-state index contributed by atoms with van der Waals surface area (Å²) in [4.78, 5) is 2.06. The molecule has 1 heterocycles. The van der Waals surface area contributed by atoms with Crippen molar-refractivity contribution in [3.8, 4) is 0 Å². The van der Waals surface area contributed by atoms with Crippen molar-refractivity contribution in [3.05, 3.63) is 17.3 Å². The molecule has 0 unspecified atom stereocenters. The monoisotopic (exact) mass is 217 g/mol. The summed E-state index contributed by atoms with van der Waals surface area (Å²) in [5.41, 5.74) is 0. The Morgan fingerprint density at radius 2 is 2.23 bits per heavy atom. The highest BCUT2D eigenvalue weighted by molar-refractivity contribution is 7.98. The predicted molar refractivity (Wildman–Crippen MR) is 58.7 cm³/mol. The largest absolute Gasteiger partial charge is 0.357 e. The third-order valence-corrected chi connectivity index (χ3v) is 2.43. The highest BCUT2D eigenvalue weighted by Gasteiger charge is 2.01. The SMILES string of the molecule is CSCCN(C)c1ccc(Cl)nn1. The zero-order valence-electron chi connectivity index (χ0n) is 7.70. The quantitative estimate of drug-likeness (QED) is 0.771. The van der Waals surface area contributed by atoms with Gasteiger partial charge in [0.2, 0.25) is 0 Å². The fraction of sp³-hybridized carbons (Fsp3) is 0.500. The molecule has 13 heavy (non-hydrogen) atoms. The van der Waals surface area contributed by atoms with Crippen molar-refractivity contribution >= 4 is 29.2 Å². The van der Waals surface area contributed by atoms with Gasteiger partial charge in [-0.2, -0.15) is 11.8 Å². The maximum absolute atomic E-state index is 5.62. The van der Waals surface area contributed by atoms with Crippen LogP contribution >= 0.6 is 23.4 Å². The molecule has 0 aliphatic heterocycles. The van der Waals surface area contributed by atoms with Crippen molar-refractivity contribution in [2.75, 3.05) is 30.5 Å². The highest BCUT2D eigenvalue weighted by Crippen LogP contribution is 2.10. The Morgan fingerprint density at radius 3 is 2.77 bits per heavy atom. The van der Waals surface area contributed by atoms with Gasteiger partial charge in [-0.25, -0.2) is 0 Å². The molecule has 0 spiro atoms. The van der Waals surface area contributed by atoms with Gasteiger partial charge in [-0.1, -0.05) is 11.6 Å². The molecule has 0 saturated heterocycles. The molecule has 0 aromatic carbocycles. The fourth-order valence-corrected chi connectivity index (χ4v) is 1.41. The maximum Gasteiger partial charge on any atom is 0.151 e. The van der Waals surface area contributed by atoms with Crippen molar-refractivity contribution in [3.63, 3.8) is 0 Å². The summed E-state index contributed by atoms with van der Waals surface area (Å²) >= 11 is 7.44. The summed E-state index contributed by atoms with van der Waals surface area (Å²) in [7, 11) is 1.99. The molecule has 0 aliphatic rings. The summed E-state index contributed by atoms with van der Waals surface area (Å²) in [6.07, 6.45) is 2.08. The van der Waals surface area contributed by atoms with Gasteiger partial charge in [0.15, 0.2) is 11.0 Å². The lowest BCUT2D eigenvalue weighted by Gasteiger charge is -2.16. The number of nitrogens with zero attached hydrogens (tertiary/aromatic N) is 3. The molecule has 0 atom stereocenters. The molecule has 0 bridgehead atoms. The molecule has 0 N–H and O–H groups in total. The molecule has 1 aromatic rings. The predicted octanol–water partition coefficient (Wildman–Crippen LogP) is 1.93. The van der Waals surface area contributed by atoms with Gasteiger partial charge in [-0.3, -0.25) is 0 Å². The fourth-order valence-electron chi connectivity index (χ4n) is 0.855. The Hall–Kier alpha value is -0.480. The Bertz CT molecular complexity index is 252. The average Bonchev–Trinajstić information content (AvgIpc) is 2.15. The molecule has 0 aliphatic carbocycles. The normalized spacial score (nSPS) is 10.1.